The molecule has 0 aliphatic heterocycles. The van der Waals surface area contributed by atoms with Gasteiger partial charge in [-0.1, -0.05) is 12.1 Å². The summed E-state index contributed by atoms with van der Waals surface area (Å²) in [6, 6.07) is 5.37. The maximum atomic E-state index is 11.9. The molecule has 0 heterocycles. The molecule has 0 fully saturated rings. The molecule has 1 unspecified atom stereocenters. The molecule has 1 atom stereocenters. The van der Waals surface area contributed by atoms with Crippen LogP contribution in [0, 0.1) is 13.8 Å². The molecule has 0 bridgehead atoms. The van der Waals surface area contributed by atoms with E-state index in [0.29, 0.717) is 5.56 Å². The minimum Gasteiger partial charge on any atom is -0.469 e. The molecule has 0 radical (unpaired) electrons. The number of aryl methyl sites for hydroxylation is 2. The molecule has 0 amide bonds. The van der Waals surface area contributed by atoms with Gasteiger partial charge in [-0.3, -0.25) is 9.59 Å². The molecule has 1 aromatic carbocycles. The van der Waals surface area contributed by atoms with Crippen molar-refractivity contribution in [1.29, 1.82) is 0 Å². The second-order valence-corrected chi connectivity index (χ2v) is 4.44. The van der Waals surface area contributed by atoms with Gasteiger partial charge in [-0.2, -0.15) is 0 Å². The zero-order valence-electron chi connectivity index (χ0n) is 10.1. The molecule has 1 aromatic rings. The molecule has 3 nitrogen and oxygen atoms in total. The summed E-state index contributed by atoms with van der Waals surface area (Å²) in [5.74, 6) is -0.734. The molecule has 0 aliphatic carbocycles. The summed E-state index contributed by atoms with van der Waals surface area (Å²) < 4.78 is 4.47. The van der Waals surface area contributed by atoms with Gasteiger partial charge in [0.15, 0.2) is 5.78 Å². The number of rotatable bonds is 4. The van der Waals surface area contributed by atoms with Gasteiger partial charge in [-0.05, 0) is 31.0 Å². The molecule has 17 heavy (non-hydrogen) atoms. The standard InChI is InChI=1S/C13H15ClO3/c1-8-4-5-10(6-9(8)2)13(16)11(14)7-12(15)17-3/h4-6,11H,7H2,1-3H3. The third-order valence-electron chi connectivity index (χ3n) is 2.65. The third kappa shape index (κ3) is 3.56. The second kappa shape index (κ2) is 5.82. The first-order valence-corrected chi connectivity index (χ1v) is 5.71. The van der Waals surface area contributed by atoms with Gasteiger partial charge < -0.3 is 4.74 Å². The SMILES string of the molecule is COC(=O)CC(Cl)C(=O)c1ccc(C)c(C)c1. The second-order valence-electron chi connectivity index (χ2n) is 3.91. The highest BCUT2D eigenvalue weighted by molar-refractivity contribution is 6.34. The van der Waals surface area contributed by atoms with Crippen molar-refractivity contribution in [2.45, 2.75) is 25.6 Å². The fraction of sp³-hybridized carbons (Fsp3) is 0.385. The number of hydrogen-bond acceptors (Lipinski definition) is 3. The summed E-state index contributed by atoms with van der Waals surface area (Å²) in [7, 11) is 1.27. The number of hydrogen-bond donors (Lipinski definition) is 0. The van der Waals surface area contributed by atoms with Crippen LogP contribution in [0.5, 0.6) is 0 Å². The maximum absolute atomic E-state index is 11.9. The smallest absolute Gasteiger partial charge is 0.307 e. The summed E-state index contributed by atoms with van der Waals surface area (Å²) in [5, 5.41) is -0.871. The molecule has 0 N–H and O–H groups in total. The number of ketones is 1. The zero-order valence-corrected chi connectivity index (χ0v) is 10.9. The van der Waals surface area contributed by atoms with Crippen molar-refractivity contribution < 1.29 is 14.3 Å². The van der Waals surface area contributed by atoms with Crippen LogP contribution in [-0.2, 0) is 9.53 Å². The van der Waals surface area contributed by atoms with Gasteiger partial charge in [-0.15, -0.1) is 11.6 Å². The first-order chi connectivity index (χ1) is 7.95. The third-order valence-corrected chi connectivity index (χ3v) is 3.00. The fourth-order valence-corrected chi connectivity index (χ4v) is 1.65. The quantitative estimate of drug-likeness (QED) is 0.471. The van der Waals surface area contributed by atoms with E-state index in [1.165, 1.54) is 7.11 Å². The van der Waals surface area contributed by atoms with E-state index in [1.807, 2.05) is 19.9 Å². The number of halogens is 1. The summed E-state index contributed by atoms with van der Waals surface area (Å²) in [6.45, 7) is 3.89. The molecule has 0 spiro atoms. The van der Waals surface area contributed by atoms with Crippen molar-refractivity contribution in [2.24, 2.45) is 0 Å². The van der Waals surface area contributed by atoms with Crippen LogP contribution in [-0.4, -0.2) is 24.2 Å². The van der Waals surface area contributed by atoms with Crippen LogP contribution >= 0.6 is 11.6 Å². The van der Waals surface area contributed by atoms with Crippen LogP contribution in [0.25, 0.3) is 0 Å². The van der Waals surface area contributed by atoms with Gasteiger partial charge in [0.1, 0.15) is 5.38 Å². The lowest BCUT2D eigenvalue weighted by atomic mass is 10.0. The van der Waals surface area contributed by atoms with Crippen molar-refractivity contribution in [3.63, 3.8) is 0 Å². The summed E-state index contributed by atoms with van der Waals surface area (Å²) in [5.41, 5.74) is 2.66. The number of ether oxygens (including phenoxy) is 1. The van der Waals surface area contributed by atoms with E-state index in [2.05, 4.69) is 4.74 Å². The van der Waals surface area contributed by atoms with Crippen LogP contribution in [0.4, 0.5) is 0 Å². The summed E-state index contributed by atoms with van der Waals surface area (Å²) in [6.07, 6.45) is -0.107. The maximum Gasteiger partial charge on any atom is 0.307 e. The van der Waals surface area contributed by atoms with Crippen LogP contribution < -0.4 is 0 Å². The Balaban J connectivity index is 2.81. The number of methoxy groups -OCH3 is 1. The lowest BCUT2D eigenvalue weighted by Crippen LogP contribution is -2.19. The number of carbonyl (C=O) groups is 2. The normalized spacial score (nSPS) is 12.0. The molecule has 92 valence electrons. The number of carbonyl (C=O) groups excluding carboxylic acids is 2. The molecule has 0 saturated carbocycles. The Bertz CT molecular complexity index is 440. The van der Waals surface area contributed by atoms with Gasteiger partial charge >= 0.3 is 5.97 Å². The van der Waals surface area contributed by atoms with E-state index >= 15 is 0 Å². The molecule has 0 aromatic heterocycles. The Kier molecular flexibility index (Phi) is 4.70. The number of alkyl halides is 1. The largest absolute Gasteiger partial charge is 0.469 e. The van der Waals surface area contributed by atoms with Crippen molar-refractivity contribution in [1.82, 2.24) is 0 Å². The van der Waals surface area contributed by atoms with Crippen LogP contribution in [0.1, 0.15) is 27.9 Å². The van der Waals surface area contributed by atoms with E-state index < -0.39 is 11.3 Å². The van der Waals surface area contributed by atoms with Gasteiger partial charge in [0.05, 0.1) is 13.5 Å². The highest BCUT2D eigenvalue weighted by atomic mass is 35.5. The summed E-state index contributed by atoms with van der Waals surface area (Å²) >= 11 is 5.88. The average molecular weight is 255 g/mol. The zero-order chi connectivity index (χ0) is 13.0. The predicted octanol–water partition coefficient (Wildman–Crippen LogP) is 2.66. The van der Waals surface area contributed by atoms with E-state index in [1.54, 1.807) is 12.1 Å². The van der Waals surface area contributed by atoms with Crippen molar-refractivity contribution >= 4 is 23.4 Å². The van der Waals surface area contributed by atoms with E-state index in [4.69, 9.17) is 11.6 Å². The Morgan fingerprint density at radius 2 is 1.94 bits per heavy atom. The molecular weight excluding hydrogens is 240 g/mol. The Hall–Kier alpha value is -1.35. The van der Waals surface area contributed by atoms with Crippen molar-refractivity contribution in [3.8, 4) is 0 Å². The van der Waals surface area contributed by atoms with Crippen LogP contribution in [0.15, 0.2) is 18.2 Å². The minimum absolute atomic E-state index is 0.107. The molecule has 0 saturated heterocycles. The Labute approximate surface area is 106 Å². The van der Waals surface area contributed by atoms with Gasteiger partial charge in [0.2, 0.25) is 0 Å². The first kappa shape index (κ1) is 13.7. The average Bonchev–Trinajstić information content (AvgIpc) is 2.31. The van der Waals surface area contributed by atoms with Crippen LogP contribution in [0.2, 0.25) is 0 Å². The Morgan fingerprint density at radius 1 is 1.29 bits per heavy atom. The Morgan fingerprint density at radius 3 is 2.47 bits per heavy atom. The molecular formula is C13H15ClO3. The topological polar surface area (TPSA) is 43.4 Å². The predicted molar refractivity (Wildman–Crippen MR) is 66.5 cm³/mol. The lowest BCUT2D eigenvalue weighted by Gasteiger charge is -2.08. The number of Topliss-reactive ketones (excluding diaryl/α,β-unsaturated/α-hetero) is 1. The highest BCUT2D eigenvalue weighted by Gasteiger charge is 2.21. The van der Waals surface area contributed by atoms with Crippen molar-refractivity contribution in [2.75, 3.05) is 7.11 Å². The molecule has 0 aliphatic rings. The molecule has 4 heteroatoms. The van der Waals surface area contributed by atoms with Gasteiger partial charge in [0.25, 0.3) is 0 Å². The number of benzene rings is 1. The van der Waals surface area contributed by atoms with Gasteiger partial charge in [0, 0.05) is 5.56 Å². The van der Waals surface area contributed by atoms with Crippen LogP contribution in [0.3, 0.4) is 0 Å². The van der Waals surface area contributed by atoms with E-state index in [-0.39, 0.29) is 12.2 Å². The summed E-state index contributed by atoms with van der Waals surface area (Å²) in [4.78, 5) is 22.9. The highest BCUT2D eigenvalue weighted by Crippen LogP contribution is 2.16. The monoisotopic (exact) mass is 254 g/mol. The lowest BCUT2D eigenvalue weighted by molar-refractivity contribution is -0.140. The minimum atomic E-state index is -0.871. The van der Waals surface area contributed by atoms with Crippen molar-refractivity contribution in [3.05, 3.63) is 34.9 Å². The van der Waals surface area contributed by atoms with E-state index in [9.17, 15) is 9.59 Å². The first-order valence-electron chi connectivity index (χ1n) is 5.28. The fourth-order valence-electron chi connectivity index (χ4n) is 1.40. The number of esters is 1. The van der Waals surface area contributed by atoms with Gasteiger partial charge in [-0.25, -0.2) is 0 Å². The molecule has 1 rings (SSSR count). The van der Waals surface area contributed by atoms with E-state index in [0.717, 1.165) is 11.1 Å².